The predicted octanol–water partition coefficient (Wildman–Crippen LogP) is 8.36. The summed E-state index contributed by atoms with van der Waals surface area (Å²) in [5.41, 5.74) is 4.69. The highest BCUT2D eigenvalue weighted by Gasteiger charge is 2.18. The smallest absolute Gasteiger partial charge is 0.255 e. The molecule has 8 heteroatoms. The molecule has 4 N–H and O–H groups in total. The number of carbonyl (C=O) groups is 4. The molecule has 0 aliphatic rings. The van der Waals surface area contributed by atoms with Crippen molar-refractivity contribution in [1.82, 2.24) is 0 Å². The molecule has 0 fully saturated rings. The number of hydrogen-bond donors (Lipinski definition) is 4. The molecule has 0 aliphatic carbocycles. The van der Waals surface area contributed by atoms with E-state index in [0.717, 1.165) is 0 Å². The second kappa shape index (κ2) is 14.5. The van der Waals surface area contributed by atoms with Gasteiger partial charge in [0, 0.05) is 44.8 Å². The number of nitrogens with one attached hydrogen (secondary N) is 4. The third-order valence-electron chi connectivity index (χ3n) is 7.49. The summed E-state index contributed by atoms with van der Waals surface area (Å²) >= 11 is 0. The topological polar surface area (TPSA) is 116 Å². The molecule has 234 valence electrons. The lowest BCUT2D eigenvalue weighted by molar-refractivity contribution is 0.101. The van der Waals surface area contributed by atoms with E-state index in [1.54, 1.807) is 133 Å². The third-order valence-corrected chi connectivity index (χ3v) is 7.49. The van der Waals surface area contributed by atoms with Crippen molar-refractivity contribution in [2.45, 2.75) is 0 Å². The van der Waals surface area contributed by atoms with Gasteiger partial charge in [0.2, 0.25) is 0 Å². The Morgan fingerprint density at radius 2 is 0.583 bits per heavy atom. The molecule has 0 aromatic heterocycles. The highest BCUT2D eigenvalue weighted by Crippen LogP contribution is 2.38. The van der Waals surface area contributed by atoms with Gasteiger partial charge < -0.3 is 21.3 Å². The number of rotatable bonds is 9. The Bertz CT molecular complexity index is 1930. The van der Waals surface area contributed by atoms with E-state index in [2.05, 4.69) is 21.3 Å². The van der Waals surface area contributed by atoms with Crippen LogP contribution < -0.4 is 21.3 Å². The van der Waals surface area contributed by atoms with Crippen molar-refractivity contribution in [2.75, 3.05) is 21.3 Å². The second-order valence-corrected chi connectivity index (χ2v) is 10.8. The average Bonchev–Trinajstić information content (AvgIpc) is 3.13. The van der Waals surface area contributed by atoms with E-state index in [0.29, 0.717) is 56.1 Å². The average molecular weight is 631 g/mol. The number of hydrogen-bond acceptors (Lipinski definition) is 4. The third kappa shape index (κ3) is 7.52. The fraction of sp³-hybridized carbons (Fsp3) is 0. The summed E-state index contributed by atoms with van der Waals surface area (Å²) in [6, 6.07) is 45.4. The Hall–Kier alpha value is -6.80. The molecule has 0 unspecified atom stereocenters. The number of benzene rings is 6. The Morgan fingerprint density at radius 3 is 0.875 bits per heavy atom. The van der Waals surface area contributed by atoms with Crippen LogP contribution in [0.2, 0.25) is 0 Å². The summed E-state index contributed by atoms with van der Waals surface area (Å²) in [5, 5.41) is 11.8. The van der Waals surface area contributed by atoms with Crippen molar-refractivity contribution in [2.24, 2.45) is 0 Å². The summed E-state index contributed by atoms with van der Waals surface area (Å²) in [6.07, 6.45) is 0. The largest absolute Gasteiger partial charge is 0.322 e. The zero-order valence-corrected chi connectivity index (χ0v) is 25.6. The lowest BCUT2D eigenvalue weighted by atomic mass is 9.99. The van der Waals surface area contributed by atoms with Crippen LogP contribution in [-0.2, 0) is 0 Å². The summed E-state index contributed by atoms with van der Waals surface area (Å²) < 4.78 is 0. The van der Waals surface area contributed by atoms with Gasteiger partial charge in [0.05, 0.1) is 11.4 Å². The molecule has 48 heavy (non-hydrogen) atoms. The molecule has 6 aromatic carbocycles. The molecule has 0 heterocycles. The Morgan fingerprint density at radius 1 is 0.312 bits per heavy atom. The van der Waals surface area contributed by atoms with E-state index in [4.69, 9.17) is 0 Å². The molecule has 0 saturated carbocycles. The van der Waals surface area contributed by atoms with Crippen LogP contribution in [0.3, 0.4) is 0 Å². The van der Waals surface area contributed by atoms with Crippen LogP contribution in [0.5, 0.6) is 0 Å². The highest BCUT2D eigenvalue weighted by molar-refractivity contribution is 6.11. The van der Waals surface area contributed by atoms with Crippen molar-refractivity contribution in [3.63, 3.8) is 0 Å². The molecule has 8 nitrogen and oxygen atoms in total. The molecule has 6 rings (SSSR count). The number of carbonyl (C=O) groups excluding carboxylic acids is 4. The minimum atomic E-state index is -0.356. The van der Waals surface area contributed by atoms with Crippen molar-refractivity contribution in [1.29, 1.82) is 0 Å². The lowest BCUT2D eigenvalue weighted by Gasteiger charge is -2.18. The van der Waals surface area contributed by atoms with Gasteiger partial charge in [-0.25, -0.2) is 0 Å². The van der Waals surface area contributed by atoms with Gasteiger partial charge in [-0.2, -0.15) is 0 Å². The van der Waals surface area contributed by atoms with Gasteiger partial charge in [-0.15, -0.1) is 0 Å². The molecule has 0 atom stereocenters. The Labute approximate surface area is 277 Å². The summed E-state index contributed by atoms with van der Waals surface area (Å²) in [6.45, 7) is 0. The Kier molecular flexibility index (Phi) is 9.44. The number of anilines is 4. The molecule has 0 radical (unpaired) electrons. The van der Waals surface area contributed by atoms with Gasteiger partial charge in [0.15, 0.2) is 0 Å². The Balaban J connectivity index is 1.40. The molecular formula is C40H30N4O4. The van der Waals surface area contributed by atoms with Gasteiger partial charge in [0.1, 0.15) is 0 Å². The zero-order valence-electron chi connectivity index (χ0n) is 25.6. The maximum Gasteiger partial charge on any atom is 0.255 e. The maximum absolute atomic E-state index is 13.4. The first kappa shape index (κ1) is 31.2. The standard InChI is InChI=1S/C40H30N4O4/c45-37(27-13-5-1-6-14-27)41-31-21-23-33(35(25-31)43-39(47)29-17-9-3-10-18-29)34-24-22-32(42-38(46)28-15-7-2-8-16-28)26-36(34)44-40(48)30-19-11-4-12-20-30/h1-26H,(H,41,45)(H,42,46)(H,43,47)(H,44,48). The quantitative estimate of drug-likeness (QED) is 0.128. The van der Waals surface area contributed by atoms with Crippen LogP contribution in [0.1, 0.15) is 41.4 Å². The minimum Gasteiger partial charge on any atom is -0.322 e. The van der Waals surface area contributed by atoms with Crippen LogP contribution >= 0.6 is 0 Å². The van der Waals surface area contributed by atoms with E-state index in [1.807, 2.05) is 24.3 Å². The molecule has 0 spiro atoms. The normalized spacial score (nSPS) is 10.4. The van der Waals surface area contributed by atoms with Gasteiger partial charge in [0.25, 0.3) is 23.6 Å². The van der Waals surface area contributed by atoms with E-state index < -0.39 is 0 Å². The SMILES string of the molecule is O=C(Nc1ccc(-c2ccc(NC(=O)c3ccccc3)cc2NC(=O)c2ccccc2)c(NC(=O)c2ccccc2)c1)c1ccccc1. The summed E-state index contributed by atoms with van der Waals surface area (Å²) in [7, 11) is 0. The van der Waals surface area contributed by atoms with Crippen LogP contribution in [-0.4, -0.2) is 23.6 Å². The van der Waals surface area contributed by atoms with Gasteiger partial charge >= 0.3 is 0 Å². The van der Waals surface area contributed by atoms with Crippen molar-refractivity contribution in [3.05, 3.63) is 180 Å². The summed E-state index contributed by atoms with van der Waals surface area (Å²) in [5.74, 6) is -1.33. The van der Waals surface area contributed by atoms with Gasteiger partial charge in [-0.3, -0.25) is 19.2 Å². The lowest BCUT2D eigenvalue weighted by Crippen LogP contribution is -2.16. The van der Waals surface area contributed by atoms with Crippen LogP contribution in [0.15, 0.2) is 158 Å². The first-order valence-corrected chi connectivity index (χ1v) is 15.2. The molecular weight excluding hydrogens is 600 g/mol. The fourth-order valence-corrected chi connectivity index (χ4v) is 5.07. The molecule has 4 amide bonds. The van der Waals surface area contributed by atoms with Crippen LogP contribution in [0.4, 0.5) is 22.7 Å². The monoisotopic (exact) mass is 630 g/mol. The van der Waals surface area contributed by atoms with Crippen molar-refractivity contribution < 1.29 is 19.2 Å². The predicted molar refractivity (Wildman–Crippen MR) is 189 cm³/mol. The van der Waals surface area contributed by atoms with E-state index in [9.17, 15) is 19.2 Å². The van der Waals surface area contributed by atoms with E-state index in [1.165, 1.54) is 0 Å². The number of amides is 4. The van der Waals surface area contributed by atoms with Crippen LogP contribution in [0.25, 0.3) is 11.1 Å². The second-order valence-electron chi connectivity index (χ2n) is 10.8. The fourth-order valence-electron chi connectivity index (χ4n) is 5.07. The first-order valence-electron chi connectivity index (χ1n) is 15.2. The maximum atomic E-state index is 13.4. The van der Waals surface area contributed by atoms with E-state index >= 15 is 0 Å². The van der Waals surface area contributed by atoms with E-state index in [-0.39, 0.29) is 23.6 Å². The first-order chi connectivity index (χ1) is 23.4. The minimum absolute atomic E-state index is 0.307. The van der Waals surface area contributed by atoms with Gasteiger partial charge in [-0.1, -0.05) is 84.9 Å². The zero-order chi connectivity index (χ0) is 33.3. The van der Waals surface area contributed by atoms with Gasteiger partial charge in [-0.05, 0) is 72.8 Å². The summed E-state index contributed by atoms with van der Waals surface area (Å²) in [4.78, 5) is 52.8. The molecule has 0 saturated heterocycles. The molecule has 6 aromatic rings. The van der Waals surface area contributed by atoms with Crippen molar-refractivity contribution in [3.8, 4) is 11.1 Å². The molecule has 0 aliphatic heterocycles. The highest BCUT2D eigenvalue weighted by atomic mass is 16.2. The van der Waals surface area contributed by atoms with Crippen LogP contribution in [0, 0.1) is 0 Å². The molecule has 0 bridgehead atoms. The van der Waals surface area contributed by atoms with Crippen molar-refractivity contribution >= 4 is 46.4 Å².